The van der Waals surface area contributed by atoms with Gasteiger partial charge < -0.3 is 10.1 Å². The normalized spacial score (nSPS) is 21.4. The first-order valence-corrected chi connectivity index (χ1v) is 11.2. The SMILES string of the molecule is Cc1ccc(-c2cc(C(=O)N[C@H](C)CN3C4CCC3COC4)cc(-n3cnnn3)c2)cc1. The molecular weight excluding hydrogens is 404 g/mol. The van der Waals surface area contributed by atoms with Crippen LogP contribution in [0.1, 0.15) is 35.7 Å². The minimum atomic E-state index is -0.0959. The predicted octanol–water partition coefficient (Wildman–Crippen LogP) is 2.62. The van der Waals surface area contributed by atoms with E-state index in [1.807, 2.05) is 18.2 Å². The summed E-state index contributed by atoms with van der Waals surface area (Å²) in [6, 6.07) is 15.0. The molecule has 3 heterocycles. The van der Waals surface area contributed by atoms with Crippen LogP contribution in [0.25, 0.3) is 16.8 Å². The Bertz CT molecular complexity index is 1070. The molecule has 5 rings (SSSR count). The highest BCUT2D eigenvalue weighted by Gasteiger charge is 2.37. The lowest BCUT2D eigenvalue weighted by Gasteiger charge is -2.36. The molecule has 8 heteroatoms. The highest BCUT2D eigenvalue weighted by atomic mass is 16.5. The van der Waals surface area contributed by atoms with E-state index in [2.05, 4.69) is 63.9 Å². The van der Waals surface area contributed by atoms with Crippen LogP contribution in [-0.4, -0.2) is 68.9 Å². The lowest BCUT2D eigenvalue weighted by atomic mass is 10.0. The van der Waals surface area contributed by atoms with Crippen LogP contribution in [0.15, 0.2) is 48.8 Å². The van der Waals surface area contributed by atoms with E-state index in [4.69, 9.17) is 4.74 Å². The third-order valence-electron chi connectivity index (χ3n) is 6.43. The maximum absolute atomic E-state index is 13.2. The second kappa shape index (κ2) is 8.80. The van der Waals surface area contributed by atoms with Gasteiger partial charge in [0.15, 0.2) is 0 Å². The lowest BCUT2D eigenvalue weighted by Crippen LogP contribution is -2.51. The van der Waals surface area contributed by atoms with Crippen molar-refractivity contribution >= 4 is 5.91 Å². The molecule has 2 bridgehead atoms. The lowest BCUT2D eigenvalue weighted by molar-refractivity contribution is -0.0173. The van der Waals surface area contributed by atoms with Crippen molar-refractivity contribution < 1.29 is 9.53 Å². The molecule has 2 aliphatic rings. The second-order valence-electron chi connectivity index (χ2n) is 8.88. The smallest absolute Gasteiger partial charge is 0.251 e. The minimum absolute atomic E-state index is 0.0308. The predicted molar refractivity (Wildman–Crippen MR) is 121 cm³/mol. The van der Waals surface area contributed by atoms with E-state index < -0.39 is 0 Å². The Morgan fingerprint density at radius 1 is 1.12 bits per heavy atom. The molecule has 2 saturated heterocycles. The Morgan fingerprint density at radius 2 is 1.88 bits per heavy atom. The van der Waals surface area contributed by atoms with Gasteiger partial charge in [0.1, 0.15) is 6.33 Å². The molecule has 1 amide bonds. The van der Waals surface area contributed by atoms with Gasteiger partial charge in [0.05, 0.1) is 18.9 Å². The molecule has 2 fully saturated rings. The molecule has 2 unspecified atom stereocenters. The number of morpholine rings is 1. The van der Waals surface area contributed by atoms with Crippen molar-refractivity contribution in [3.8, 4) is 16.8 Å². The van der Waals surface area contributed by atoms with Gasteiger partial charge in [-0.15, -0.1) is 5.10 Å². The zero-order chi connectivity index (χ0) is 22.1. The van der Waals surface area contributed by atoms with Crippen LogP contribution in [-0.2, 0) is 4.74 Å². The third kappa shape index (κ3) is 4.28. The first kappa shape index (κ1) is 20.8. The number of tetrazole rings is 1. The molecular formula is C24H28N6O2. The van der Waals surface area contributed by atoms with Crippen LogP contribution in [0.3, 0.4) is 0 Å². The fourth-order valence-electron chi connectivity index (χ4n) is 4.75. The number of hydrogen-bond donors (Lipinski definition) is 1. The summed E-state index contributed by atoms with van der Waals surface area (Å²) in [6.45, 7) is 6.55. The number of ether oxygens (including phenoxy) is 1. The quantitative estimate of drug-likeness (QED) is 0.645. The summed E-state index contributed by atoms with van der Waals surface area (Å²) < 4.78 is 7.26. The van der Waals surface area contributed by atoms with Gasteiger partial charge in [-0.25, -0.2) is 4.68 Å². The number of nitrogens with zero attached hydrogens (tertiary/aromatic N) is 5. The Kier molecular flexibility index (Phi) is 5.71. The van der Waals surface area contributed by atoms with Crippen molar-refractivity contribution in [3.63, 3.8) is 0 Å². The molecule has 166 valence electrons. The van der Waals surface area contributed by atoms with Gasteiger partial charge in [0.25, 0.3) is 5.91 Å². The average Bonchev–Trinajstić information content (AvgIpc) is 3.39. The Hall–Kier alpha value is -3.10. The second-order valence-corrected chi connectivity index (χ2v) is 8.88. The van der Waals surface area contributed by atoms with Gasteiger partial charge in [-0.3, -0.25) is 9.69 Å². The molecule has 0 saturated carbocycles. The molecule has 3 aromatic rings. The van der Waals surface area contributed by atoms with E-state index in [-0.39, 0.29) is 11.9 Å². The maximum atomic E-state index is 13.2. The Morgan fingerprint density at radius 3 is 2.56 bits per heavy atom. The zero-order valence-corrected chi connectivity index (χ0v) is 18.4. The summed E-state index contributed by atoms with van der Waals surface area (Å²) >= 11 is 0. The molecule has 0 aliphatic carbocycles. The summed E-state index contributed by atoms with van der Waals surface area (Å²) in [7, 11) is 0. The van der Waals surface area contributed by atoms with Crippen LogP contribution >= 0.6 is 0 Å². The summed E-state index contributed by atoms with van der Waals surface area (Å²) in [5.41, 5.74) is 4.51. The van der Waals surface area contributed by atoms with Crippen molar-refractivity contribution in [2.45, 2.75) is 44.8 Å². The number of nitrogens with one attached hydrogen (secondary N) is 1. The molecule has 1 aromatic heterocycles. The van der Waals surface area contributed by atoms with Crippen LogP contribution < -0.4 is 5.32 Å². The molecule has 0 radical (unpaired) electrons. The summed E-state index contributed by atoms with van der Waals surface area (Å²) in [4.78, 5) is 15.7. The highest BCUT2D eigenvalue weighted by Crippen LogP contribution is 2.29. The van der Waals surface area contributed by atoms with Gasteiger partial charge in [-0.1, -0.05) is 29.8 Å². The van der Waals surface area contributed by atoms with Crippen LogP contribution in [0.4, 0.5) is 0 Å². The number of rotatable bonds is 6. The summed E-state index contributed by atoms with van der Waals surface area (Å²) in [5, 5.41) is 14.7. The number of carbonyl (C=O) groups is 1. The number of amides is 1. The molecule has 1 N–H and O–H groups in total. The van der Waals surface area contributed by atoms with E-state index in [1.54, 1.807) is 4.68 Å². The third-order valence-corrected chi connectivity index (χ3v) is 6.43. The highest BCUT2D eigenvalue weighted by molar-refractivity contribution is 5.96. The first-order chi connectivity index (χ1) is 15.6. The van der Waals surface area contributed by atoms with E-state index >= 15 is 0 Å². The van der Waals surface area contributed by atoms with Crippen molar-refractivity contribution in [3.05, 3.63) is 59.9 Å². The number of hydrogen-bond acceptors (Lipinski definition) is 6. The molecule has 3 atom stereocenters. The molecule has 8 nitrogen and oxygen atoms in total. The van der Waals surface area contributed by atoms with Gasteiger partial charge in [-0.2, -0.15) is 0 Å². The van der Waals surface area contributed by atoms with E-state index in [9.17, 15) is 4.79 Å². The van der Waals surface area contributed by atoms with E-state index in [0.29, 0.717) is 17.6 Å². The fraction of sp³-hybridized carbons (Fsp3) is 0.417. The zero-order valence-electron chi connectivity index (χ0n) is 18.4. The monoisotopic (exact) mass is 432 g/mol. The topological polar surface area (TPSA) is 85.2 Å². The molecule has 2 aromatic carbocycles. The van der Waals surface area contributed by atoms with Crippen LogP contribution in [0.2, 0.25) is 0 Å². The number of aromatic nitrogens is 4. The Balaban J connectivity index is 1.38. The number of aryl methyl sites for hydroxylation is 1. The van der Waals surface area contributed by atoms with Crippen molar-refractivity contribution in [1.82, 2.24) is 30.4 Å². The van der Waals surface area contributed by atoms with Gasteiger partial charge in [0.2, 0.25) is 0 Å². The average molecular weight is 433 g/mol. The van der Waals surface area contributed by atoms with Crippen molar-refractivity contribution in [2.24, 2.45) is 0 Å². The standard InChI is InChI=1S/C24H28N6O2/c1-16-3-5-18(6-4-16)19-9-20(11-23(10-19)30-15-25-27-28-30)24(31)26-17(2)12-29-21-7-8-22(29)14-32-13-21/h3-6,9-11,15,17,21-22H,7-8,12-14H2,1-2H3,(H,26,31)/t17-,21?,22?/m1/s1. The molecule has 2 aliphatic heterocycles. The van der Waals surface area contributed by atoms with Crippen LogP contribution in [0, 0.1) is 6.92 Å². The van der Waals surface area contributed by atoms with Crippen molar-refractivity contribution in [1.29, 1.82) is 0 Å². The van der Waals surface area contributed by atoms with Gasteiger partial charge >= 0.3 is 0 Å². The van der Waals surface area contributed by atoms with Crippen molar-refractivity contribution in [2.75, 3.05) is 19.8 Å². The van der Waals surface area contributed by atoms with Gasteiger partial charge in [0, 0.05) is 30.2 Å². The summed E-state index contributed by atoms with van der Waals surface area (Å²) in [5.74, 6) is -0.0959. The molecule has 32 heavy (non-hydrogen) atoms. The van der Waals surface area contributed by atoms with E-state index in [0.717, 1.165) is 36.6 Å². The maximum Gasteiger partial charge on any atom is 0.251 e. The molecule has 0 spiro atoms. The van der Waals surface area contributed by atoms with E-state index in [1.165, 1.54) is 24.7 Å². The number of carbonyl (C=O) groups excluding carboxylic acids is 1. The van der Waals surface area contributed by atoms with Gasteiger partial charge in [-0.05, 0) is 66.4 Å². The van der Waals surface area contributed by atoms with Crippen LogP contribution in [0.5, 0.6) is 0 Å². The summed E-state index contributed by atoms with van der Waals surface area (Å²) in [6.07, 6.45) is 3.89. The fourth-order valence-corrected chi connectivity index (χ4v) is 4.75. The number of benzene rings is 2. The largest absolute Gasteiger partial charge is 0.378 e. The number of fused-ring (bicyclic) bond motifs is 2. The minimum Gasteiger partial charge on any atom is -0.378 e. The Labute approximate surface area is 187 Å². The first-order valence-electron chi connectivity index (χ1n) is 11.2.